The fourth-order valence-electron chi connectivity index (χ4n) is 2.80. The number of rotatable bonds is 6. The van der Waals surface area contributed by atoms with Crippen LogP contribution in [0.4, 0.5) is 0 Å². The van der Waals surface area contributed by atoms with Gasteiger partial charge in [-0.25, -0.2) is 9.98 Å². The quantitative estimate of drug-likeness (QED) is 0.351. The van der Waals surface area contributed by atoms with Crippen LogP contribution < -0.4 is 10.6 Å². The van der Waals surface area contributed by atoms with Crippen molar-refractivity contribution in [3.05, 3.63) is 16.1 Å². The van der Waals surface area contributed by atoms with Crippen molar-refractivity contribution in [1.82, 2.24) is 20.5 Å². The van der Waals surface area contributed by atoms with Crippen molar-refractivity contribution in [1.29, 1.82) is 0 Å². The van der Waals surface area contributed by atoms with Gasteiger partial charge in [0, 0.05) is 42.5 Å². The van der Waals surface area contributed by atoms with Gasteiger partial charge < -0.3 is 15.4 Å². The summed E-state index contributed by atoms with van der Waals surface area (Å²) in [4.78, 5) is 11.9. The molecule has 1 aliphatic heterocycles. The average molecular weight is 510 g/mol. The average Bonchev–Trinajstić information content (AvgIpc) is 3.07. The van der Waals surface area contributed by atoms with Gasteiger partial charge in [-0.15, -0.1) is 35.3 Å². The van der Waals surface area contributed by atoms with E-state index in [0.717, 1.165) is 56.1 Å². The number of morpholine rings is 1. The standard InChI is InChI=1S/C19H35N5OS.HI/c1-7-20-17(21-12-16-23-15(13-26-16)18(2,3)4)22-14-19(5,6)24-8-10-25-11-9-24;/h13H,7-12,14H2,1-6H3,(H2,20,21,22);1H. The number of guanidine groups is 1. The van der Waals surface area contributed by atoms with Crippen molar-refractivity contribution < 1.29 is 4.74 Å². The number of nitrogens with zero attached hydrogens (tertiary/aromatic N) is 3. The number of aliphatic imine (C=N–C) groups is 1. The molecule has 1 aliphatic rings. The predicted octanol–water partition coefficient (Wildman–Crippen LogP) is 3.22. The lowest BCUT2D eigenvalue weighted by Gasteiger charge is -2.41. The molecule has 0 amide bonds. The maximum absolute atomic E-state index is 5.47. The maximum Gasteiger partial charge on any atom is 0.191 e. The predicted molar refractivity (Wildman–Crippen MR) is 126 cm³/mol. The number of halogens is 1. The number of hydrogen-bond donors (Lipinski definition) is 2. The molecule has 0 bridgehead atoms. The zero-order valence-corrected chi connectivity index (χ0v) is 20.7. The minimum absolute atomic E-state index is 0. The van der Waals surface area contributed by atoms with Crippen LogP contribution in [0.25, 0.3) is 0 Å². The molecule has 2 rings (SSSR count). The highest BCUT2D eigenvalue weighted by Gasteiger charge is 2.28. The van der Waals surface area contributed by atoms with Crippen LogP contribution in [-0.2, 0) is 16.7 Å². The summed E-state index contributed by atoms with van der Waals surface area (Å²) in [6.07, 6.45) is 0. The number of hydrogen-bond acceptors (Lipinski definition) is 5. The Morgan fingerprint density at radius 2 is 1.89 bits per heavy atom. The van der Waals surface area contributed by atoms with Gasteiger partial charge in [0.2, 0.25) is 0 Å². The highest BCUT2D eigenvalue weighted by atomic mass is 127. The summed E-state index contributed by atoms with van der Waals surface area (Å²) in [5, 5.41) is 10.0. The lowest BCUT2D eigenvalue weighted by Crippen LogP contribution is -2.56. The van der Waals surface area contributed by atoms with Crippen molar-refractivity contribution in [2.75, 3.05) is 39.4 Å². The van der Waals surface area contributed by atoms with Crippen LogP contribution >= 0.6 is 35.3 Å². The molecule has 1 fully saturated rings. The molecule has 27 heavy (non-hydrogen) atoms. The summed E-state index contributed by atoms with van der Waals surface area (Å²) in [7, 11) is 0. The van der Waals surface area contributed by atoms with Crippen LogP contribution in [0.1, 0.15) is 52.2 Å². The highest BCUT2D eigenvalue weighted by Crippen LogP contribution is 2.24. The molecule has 2 N–H and O–H groups in total. The summed E-state index contributed by atoms with van der Waals surface area (Å²) in [6, 6.07) is 0. The molecule has 8 heteroatoms. The van der Waals surface area contributed by atoms with Gasteiger partial charge in [0.15, 0.2) is 5.96 Å². The van der Waals surface area contributed by atoms with E-state index in [2.05, 4.69) is 62.5 Å². The molecule has 0 radical (unpaired) electrons. The van der Waals surface area contributed by atoms with Gasteiger partial charge in [0.1, 0.15) is 5.01 Å². The second kappa shape index (κ2) is 10.9. The number of ether oxygens (including phenoxy) is 1. The van der Waals surface area contributed by atoms with Gasteiger partial charge in [-0.05, 0) is 20.8 Å². The zero-order chi connectivity index (χ0) is 19.2. The Kier molecular flexibility index (Phi) is 9.95. The molecule has 6 nitrogen and oxygen atoms in total. The van der Waals surface area contributed by atoms with Crippen LogP contribution in [-0.4, -0.2) is 60.8 Å². The molecular weight excluding hydrogens is 473 g/mol. The first-order valence-electron chi connectivity index (χ1n) is 9.52. The summed E-state index contributed by atoms with van der Waals surface area (Å²) in [5.74, 6) is 0.848. The van der Waals surface area contributed by atoms with Gasteiger partial charge in [-0.3, -0.25) is 4.90 Å². The van der Waals surface area contributed by atoms with Crippen molar-refractivity contribution in [3.63, 3.8) is 0 Å². The van der Waals surface area contributed by atoms with Crippen molar-refractivity contribution in [2.24, 2.45) is 4.99 Å². The number of thiazole rings is 1. The van der Waals surface area contributed by atoms with E-state index in [-0.39, 0.29) is 34.9 Å². The lowest BCUT2D eigenvalue weighted by molar-refractivity contribution is -0.00834. The van der Waals surface area contributed by atoms with Gasteiger partial charge >= 0.3 is 0 Å². The minimum Gasteiger partial charge on any atom is -0.379 e. The molecular formula is C19H36IN5OS. The van der Waals surface area contributed by atoms with Crippen LogP contribution in [0.5, 0.6) is 0 Å². The van der Waals surface area contributed by atoms with Crippen LogP contribution in [0, 0.1) is 0 Å². The minimum atomic E-state index is 0. The summed E-state index contributed by atoms with van der Waals surface area (Å²) in [6.45, 7) is 19.1. The first kappa shape index (κ1) is 24.6. The van der Waals surface area contributed by atoms with E-state index in [4.69, 9.17) is 14.7 Å². The molecule has 0 aromatic carbocycles. The van der Waals surface area contributed by atoms with Crippen LogP contribution in [0.15, 0.2) is 10.4 Å². The largest absolute Gasteiger partial charge is 0.379 e. The highest BCUT2D eigenvalue weighted by molar-refractivity contribution is 14.0. The Morgan fingerprint density at radius 1 is 1.22 bits per heavy atom. The summed E-state index contributed by atoms with van der Waals surface area (Å²) < 4.78 is 5.47. The Morgan fingerprint density at radius 3 is 2.44 bits per heavy atom. The molecule has 1 aromatic heterocycles. The van der Waals surface area contributed by atoms with Gasteiger partial charge in [-0.2, -0.15) is 0 Å². The molecule has 2 heterocycles. The Bertz CT molecular complexity index is 591. The van der Waals surface area contributed by atoms with E-state index in [0.29, 0.717) is 6.54 Å². The molecule has 156 valence electrons. The van der Waals surface area contributed by atoms with Gasteiger partial charge in [0.25, 0.3) is 0 Å². The first-order valence-corrected chi connectivity index (χ1v) is 10.4. The smallest absolute Gasteiger partial charge is 0.191 e. The van der Waals surface area contributed by atoms with E-state index in [1.165, 1.54) is 0 Å². The van der Waals surface area contributed by atoms with Crippen molar-refractivity contribution in [2.45, 2.75) is 59.0 Å². The lowest BCUT2D eigenvalue weighted by atomic mass is 9.93. The van der Waals surface area contributed by atoms with Crippen molar-refractivity contribution in [3.8, 4) is 0 Å². The summed E-state index contributed by atoms with van der Waals surface area (Å²) >= 11 is 1.69. The molecule has 0 aliphatic carbocycles. The monoisotopic (exact) mass is 509 g/mol. The van der Waals surface area contributed by atoms with E-state index < -0.39 is 0 Å². The third kappa shape index (κ3) is 7.83. The normalized spacial score (nSPS) is 16.7. The van der Waals surface area contributed by atoms with Crippen molar-refractivity contribution >= 4 is 41.3 Å². The third-order valence-electron chi connectivity index (χ3n) is 4.59. The van der Waals surface area contributed by atoms with E-state index in [9.17, 15) is 0 Å². The third-order valence-corrected chi connectivity index (χ3v) is 5.43. The Balaban J connectivity index is 0.00000364. The fourth-order valence-corrected chi connectivity index (χ4v) is 3.74. The molecule has 1 aromatic rings. The fraction of sp³-hybridized carbons (Fsp3) is 0.789. The summed E-state index contributed by atoms with van der Waals surface area (Å²) in [5.41, 5.74) is 1.28. The van der Waals surface area contributed by atoms with Crippen LogP contribution in [0.2, 0.25) is 0 Å². The van der Waals surface area contributed by atoms with E-state index in [1.807, 2.05) is 0 Å². The van der Waals surface area contributed by atoms with Gasteiger partial charge in [0.05, 0.1) is 25.5 Å². The molecule has 0 atom stereocenters. The zero-order valence-electron chi connectivity index (χ0n) is 17.6. The Hall–Kier alpha value is -0.450. The van der Waals surface area contributed by atoms with Crippen LogP contribution in [0.3, 0.4) is 0 Å². The SMILES string of the molecule is CCNC(=NCc1nc(C(C)(C)C)cs1)NCC(C)(C)N1CCOCC1.I. The molecule has 0 unspecified atom stereocenters. The second-order valence-corrected chi connectivity index (χ2v) is 9.28. The molecule has 0 spiro atoms. The Labute approximate surface area is 185 Å². The topological polar surface area (TPSA) is 61.8 Å². The first-order chi connectivity index (χ1) is 12.2. The van der Waals surface area contributed by atoms with Gasteiger partial charge in [-0.1, -0.05) is 20.8 Å². The number of aromatic nitrogens is 1. The second-order valence-electron chi connectivity index (χ2n) is 8.34. The number of nitrogens with one attached hydrogen (secondary N) is 2. The molecule has 1 saturated heterocycles. The van der Waals surface area contributed by atoms with E-state index >= 15 is 0 Å². The maximum atomic E-state index is 5.47. The van der Waals surface area contributed by atoms with E-state index in [1.54, 1.807) is 11.3 Å². The molecule has 0 saturated carbocycles.